The molecule has 146 valence electrons. The van der Waals surface area contributed by atoms with Gasteiger partial charge in [0, 0.05) is 17.1 Å². The maximum absolute atomic E-state index is 13.0. The lowest BCUT2D eigenvalue weighted by atomic mass is 9.92. The summed E-state index contributed by atoms with van der Waals surface area (Å²) in [4.78, 5) is 6.52. The second-order valence-corrected chi connectivity index (χ2v) is 7.20. The van der Waals surface area contributed by atoms with Gasteiger partial charge in [0.15, 0.2) is 0 Å². The summed E-state index contributed by atoms with van der Waals surface area (Å²) >= 11 is 0. The summed E-state index contributed by atoms with van der Waals surface area (Å²) < 4.78 is 38.9. The molecule has 0 aliphatic carbocycles. The van der Waals surface area contributed by atoms with Crippen LogP contribution < -0.4 is 0 Å². The van der Waals surface area contributed by atoms with Gasteiger partial charge in [-0.25, -0.2) is 0 Å². The fraction of sp³-hybridized carbons (Fsp3) is 0.318. The largest absolute Gasteiger partial charge is 0.505 e. The van der Waals surface area contributed by atoms with Crippen molar-refractivity contribution in [1.82, 2.24) is 9.88 Å². The van der Waals surface area contributed by atoms with E-state index >= 15 is 0 Å². The lowest BCUT2D eigenvalue weighted by Crippen LogP contribution is -2.34. The van der Waals surface area contributed by atoms with Crippen molar-refractivity contribution in [1.29, 1.82) is 0 Å². The number of aromatic nitrogens is 1. The molecule has 1 unspecified atom stereocenters. The van der Waals surface area contributed by atoms with Gasteiger partial charge in [0.25, 0.3) is 0 Å². The minimum Gasteiger partial charge on any atom is -0.505 e. The van der Waals surface area contributed by atoms with Gasteiger partial charge < -0.3 is 5.11 Å². The van der Waals surface area contributed by atoms with Gasteiger partial charge in [0.05, 0.1) is 11.6 Å². The summed E-state index contributed by atoms with van der Waals surface area (Å²) in [5.74, 6) is 0.0913. The molecule has 0 spiro atoms. The number of phenols is 1. The van der Waals surface area contributed by atoms with Gasteiger partial charge in [0.2, 0.25) is 0 Å². The summed E-state index contributed by atoms with van der Waals surface area (Å²) in [5, 5.41) is 11.8. The topological polar surface area (TPSA) is 36.4 Å². The molecule has 0 bridgehead atoms. The number of piperidine rings is 1. The summed E-state index contributed by atoms with van der Waals surface area (Å²) in [7, 11) is 0. The van der Waals surface area contributed by atoms with Crippen molar-refractivity contribution in [2.24, 2.45) is 0 Å². The zero-order valence-electron chi connectivity index (χ0n) is 15.3. The molecule has 3 aromatic rings. The van der Waals surface area contributed by atoms with Crippen molar-refractivity contribution in [2.45, 2.75) is 31.5 Å². The zero-order chi connectivity index (χ0) is 19.7. The summed E-state index contributed by atoms with van der Waals surface area (Å²) in [5.41, 5.74) is 1.25. The van der Waals surface area contributed by atoms with E-state index in [1.165, 1.54) is 12.1 Å². The highest BCUT2D eigenvalue weighted by atomic mass is 19.4. The highest BCUT2D eigenvalue weighted by Crippen LogP contribution is 2.39. The van der Waals surface area contributed by atoms with E-state index in [0.29, 0.717) is 11.1 Å². The first-order valence-electron chi connectivity index (χ1n) is 9.43. The van der Waals surface area contributed by atoms with Crippen molar-refractivity contribution >= 4 is 10.9 Å². The average molecular weight is 386 g/mol. The molecule has 0 radical (unpaired) electrons. The number of rotatable bonds is 3. The van der Waals surface area contributed by atoms with Crippen LogP contribution in [0.5, 0.6) is 5.75 Å². The fourth-order valence-corrected chi connectivity index (χ4v) is 3.98. The molecule has 28 heavy (non-hydrogen) atoms. The van der Waals surface area contributed by atoms with Gasteiger partial charge in [-0.3, -0.25) is 9.88 Å². The van der Waals surface area contributed by atoms with E-state index in [1.807, 2.05) is 18.2 Å². The minimum atomic E-state index is -4.37. The Balaban J connectivity index is 1.81. The molecule has 1 aromatic heterocycles. The van der Waals surface area contributed by atoms with E-state index in [0.717, 1.165) is 55.4 Å². The van der Waals surface area contributed by atoms with Crippen molar-refractivity contribution in [2.75, 3.05) is 13.1 Å². The van der Waals surface area contributed by atoms with E-state index in [2.05, 4.69) is 9.88 Å². The fourth-order valence-electron chi connectivity index (χ4n) is 3.98. The lowest BCUT2D eigenvalue weighted by molar-refractivity contribution is -0.137. The Hall–Kier alpha value is -2.60. The Kier molecular flexibility index (Phi) is 4.98. The standard InChI is InChI=1S/C22H21F3N2O/c23-22(24,25)17-9-6-16(7-10-17)20(27-13-2-1-3-14-27)18-11-8-15-5-4-12-26-19(15)21(18)28/h4-12,20,28H,1-3,13-14H2. The van der Waals surface area contributed by atoms with Gasteiger partial charge in [-0.15, -0.1) is 0 Å². The van der Waals surface area contributed by atoms with Crippen molar-refractivity contribution in [3.8, 4) is 5.75 Å². The number of phenolic OH excluding ortho intramolecular Hbond substituents is 1. The molecule has 0 amide bonds. The highest BCUT2D eigenvalue weighted by Gasteiger charge is 2.32. The Bertz CT molecular complexity index is 964. The van der Waals surface area contributed by atoms with Crippen LogP contribution in [0.1, 0.15) is 42.0 Å². The Labute approximate surface area is 161 Å². The molecule has 1 fully saturated rings. The van der Waals surface area contributed by atoms with Crippen LogP contribution in [0, 0.1) is 0 Å². The van der Waals surface area contributed by atoms with Crippen LogP contribution in [0.4, 0.5) is 13.2 Å². The Morgan fingerprint density at radius 3 is 2.32 bits per heavy atom. The van der Waals surface area contributed by atoms with Crippen LogP contribution in [-0.2, 0) is 6.18 Å². The van der Waals surface area contributed by atoms with Gasteiger partial charge in [-0.2, -0.15) is 13.2 Å². The molecule has 0 saturated carbocycles. The molecule has 3 nitrogen and oxygen atoms in total. The number of fused-ring (bicyclic) bond motifs is 1. The van der Waals surface area contributed by atoms with Crippen LogP contribution in [0.25, 0.3) is 10.9 Å². The minimum absolute atomic E-state index is 0.0913. The number of aromatic hydroxyl groups is 1. The quantitative estimate of drug-likeness (QED) is 0.643. The van der Waals surface area contributed by atoms with Crippen LogP contribution in [0.3, 0.4) is 0 Å². The average Bonchev–Trinajstić information content (AvgIpc) is 2.71. The zero-order valence-corrected chi connectivity index (χ0v) is 15.3. The van der Waals surface area contributed by atoms with Crippen molar-refractivity contribution < 1.29 is 18.3 Å². The third-order valence-corrected chi connectivity index (χ3v) is 5.38. The summed E-state index contributed by atoms with van der Waals surface area (Å²) in [6.07, 6.45) is 0.461. The van der Waals surface area contributed by atoms with Gasteiger partial charge in [-0.05, 0) is 49.7 Å². The number of hydrogen-bond acceptors (Lipinski definition) is 3. The van der Waals surface area contributed by atoms with E-state index in [4.69, 9.17) is 0 Å². The molecular formula is C22H21F3N2O. The number of hydrogen-bond donors (Lipinski definition) is 1. The van der Waals surface area contributed by atoms with E-state index in [-0.39, 0.29) is 11.8 Å². The molecule has 1 N–H and O–H groups in total. The highest BCUT2D eigenvalue weighted by molar-refractivity contribution is 5.85. The lowest BCUT2D eigenvalue weighted by Gasteiger charge is -2.35. The van der Waals surface area contributed by atoms with Gasteiger partial charge in [-0.1, -0.05) is 36.8 Å². The molecule has 2 aromatic carbocycles. The molecule has 4 rings (SSSR count). The molecule has 1 saturated heterocycles. The van der Waals surface area contributed by atoms with E-state index in [1.54, 1.807) is 12.3 Å². The number of benzene rings is 2. The third-order valence-electron chi connectivity index (χ3n) is 5.38. The molecule has 2 heterocycles. The normalized spacial score (nSPS) is 17.0. The molecule has 1 aliphatic heterocycles. The second-order valence-electron chi connectivity index (χ2n) is 7.20. The molecular weight excluding hydrogens is 365 g/mol. The predicted molar refractivity (Wildman–Crippen MR) is 102 cm³/mol. The number of nitrogens with zero attached hydrogens (tertiary/aromatic N) is 2. The van der Waals surface area contributed by atoms with Crippen molar-refractivity contribution in [3.63, 3.8) is 0 Å². The number of alkyl halides is 3. The maximum Gasteiger partial charge on any atom is 0.416 e. The van der Waals surface area contributed by atoms with Gasteiger partial charge >= 0.3 is 6.18 Å². The smallest absolute Gasteiger partial charge is 0.416 e. The van der Waals surface area contributed by atoms with Crippen LogP contribution in [0.2, 0.25) is 0 Å². The van der Waals surface area contributed by atoms with Crippen LogP contribution in [-0.4, -0.2) is 28.1 Å². The number of halogens is 3. The third kappa shape index (κ3) is 3.56. The summed E-state index contributed by atoms with van der Waals surface area (Å²) in [6.45, 7) is 1.68. The van der Waals surface area contributed by atoms with Crippen LogP contribution >= 0.6 is 0 Å². The van der Waals surface area contributed by atoms with Crippen molar-refractivity contribution in [3.05, 3.63) is 71.4 Å². The van der Waals surface area contributed by atoms with E-state index in [9.17, 15) is 18.3 Å². The van der Waals surface area contributed by atoms with Crippen LogP contribution in [0.15, 0.2) is 54.7 Å². The Morgan fingerprint density at radius 1 is 0.929 bits per heavy atom. The molecule has 6 heteroatoms. The number of pyridine rings is 1. The monoisotopic (exact) mass is 386 g/mol. The maximum atomic E-state index is 13.0. The van der Waals surface area contributed by atoms with Gasteiger partial charge in [0.1, 0.15) is 11.3 Å². The predicted octanol–water partition coefficient (Wildman–Crippen LogP) is 5.53. The number of likely N-dealkylation sites (tertiary alicyclic amines) is 1. The first kappa shape index (κ1) is 18.7. The van der Waals surface area contributed by atoms with E-state index < -0.39 is 11.7 Å². The molecule has 1 atom stereocenters. The second kappa shape index (κ2) is 7.43. The first-order valence-corrected chi connectivity index (χ1v) is 9.43. The first-order chi connectivity index (χ1) is 13.4. The SMILES string of the molecule is Oc1c(C(c2ccc(C(F)(F)F)cc2)N2CCCCC2)ccc2cccnc12. The molecule has 1 aliphatic rings. The summed E-state index contributed by atoms with van der Waals surface area (Å²) in [6, 6.07) is 12.4. The Morgan fingerprint density at radius 2 is 1.64 bits per heavy atom.